The van der Waals surface area contributed by atoms with Gasteiger partial charge in [-0.15, -0.1) is 0 Å². The summed E-state index contributed by atoms with van der Waals surface area (Å²) < 4.78 is 5.22. The summed E-state index contributed by atoms with van der Waals surface area (Å²) in [6.45, 7) is 4.16. The summed E-state index contributed by atoms with van der Waals surface area (Å²) in [7, 11) is 0. The number of rotatable bonds is 6. The van der Waals surface area contributed by atoms with Crippen LogP contribution >= 0.6 is 0 Å². The molecule has 2 aromatic heterocycles. The van der Waals surface area contributed by atoms with Gasteiger partial charge in [0.2, 0.25) is 11.6 Å². The molecule has 25 heavy (non-hydrogen) atoms. The van der Waals surface area contributed by atoms with E-state index in [4.69, 9.17) is 4.42 Å². The number of nitro groups is 1. The van der Waals surface area contributed by atoms with Gasteiger partial charge < -0.3 is 15.1 Å². The predicted molar refractivity (Wildman–Crippen MR) is 93.9 cm³/mol. The molecule has 2 heterocycles. The maximum absolute atomic E-state index is 11.6. The second-order valence-electron chi connectivity index (χ2n) is 5.55. The number of hydrogen-bond donors (Lipinski definition) is 2. The number of anilines is 3. The van der Waals surface area contributed by atoms with Gasteiger partial charge in [0.05, 0.1) is 17.7 Å². The van der Waals surface area contributed by atoms with Crippen molar-refractivity contribution in [1.82, 2.24) is 9.97 Å². The van der Waals surface area contributed by atoms with Crippen molar-refractivity contribution in [1.29, 1.82) is 0 Å². The number of nitrogens with one attached hydrogen (secondary N) is 2. The van der Waals surface area contributed by atoms with Crippen LogP contribution in [0.4, 0.5) is 23.0 Å². The Bertz CT molecular complexity index is 893. The average Bonchev–Trinajstić information content (AvgIpc) is 3.09. The maximum atomic E-state index is 11.6. The lowest BCUT2D eigenvalue weighted by molar-refractivity contribution is -0.383. The molecule has 0 spiro atoms. The Balaban J connectivity index is 1.92. The number of hydrogen-bond acceptors (Lipinski definition) is 7. The van der Waals surface area contributed by atoms with Gasteiger partial charge in [-0.25, -0.2) is 9.97 Å². The Morgan fingerprint density at radius 3 is 2.72 bits per heavy atom. The molecule has 0 saturated heterocycles. The van der Waals surface area contributed by atoms with Crippen molar-refractivity contribution in [2.45, 2.75) is 20.4 Å². The summed E-state index contributed by atoms with van der Waals surface area (Å²) in [6.07, 6.45) is 2.82. The number of benzene rings is 1. The lowest BCUT2D eigenvalue weighted by atomic mass is 10.1. The van der Waals surface area contributed by atoms with E-state index in [-0.39, 0.29) is 23.9 Å². The first-order chi connectivity index (χ1) is 12.0. The normalized spacial score (nSPS) is 10.5. The standard InChI is InChI=1S/C17H17N5O3/c1-11-5-6-12(2)14(8-11)21-17-15(22(23)24)16(19-10-20-17)18-9-13-4-3-7-25-13/h3-8,10H,9H2,1-2H3,(H2,18,19,20,21). The van der Waals surface area contributed by atoms with Crippen LogP contribution in [0.15, 0.2) is 47.3 Å². The Labute approximate surface area is 144 Å². The van der Waals surface area contributed by atoms with Gasteiger partial charge in [0.15, 0.2) is 0 Å². The molecule has 1 aromatic carbocycles. The van der Waals surface area contributed by atoms with Crippen molar-refractivity contribution in [2.24, 2.45) is 0 Å². The molecule has 0 amide bonds. The Morgan fingerprint density at radius 2 is 2.00 bits per heavy atom. The van der Waals surface area contributed by atoms with Crippen molar-refractivity contribution >= 4 is 23.0 Å². The predicted octanol–water partition coefficient (Wildman–Crippen LogP) is 3.95. The Kier molecular flexibility index (Phi) is 4.60. The zero-order chi connectivity index (χ0) is 17.8. The van der Waals surface area contributed by atoms with Gasteiger partial charge in [-0.05, 0) is 43.2 Å². The lowest BCUT2D eigenvalue weighted by Gasteiger charge is -2.11. The minimum Gasteiger partial charge on any atom is -0.467 e. The highest BCUT2D eigenvalue weighted by Crippen LogP contribution is 2.32. The van der Waals surface area contributed by atoms with E-state index in [9.17, 15) is 10.1 Å². The fourth-order valence-corrected chi connectivity index (χ4v) is 2.35. The molecule has 0 bridgehead atoms. The van der Waals surface area contributed by atoms with E-state index in [1.807, 2.05) is 32.0 Å². The smallest absolute Gasteiger partial charge is 0.353 e. The van der Waals surface area contributed by atoms with Gasteiger partial charge in [-0.3, -0.25) is 10.1 Å². The average molecular weight is 339 g/mol. The van der Waals surface area contributed by atoms with Crippen molar-refractivity contribution < 1.29 is 9.34 Å². The van der Waals surface area contributed by atoms with Crippen LogP contribution in [0.2, 0.25) is 0 Å². The van der Waals surface area contributed by atoms with Gasteiger partial charge in [-0.1, -0.05) is 12.1 Å². The topological polar surface area (TPSA) is 106 Å². The highest BCUT2D eigenvalue weighted by atomic mass is 16.6. The zero-order valence-corrected chi connectivity index (χ0v) is 13.8. The number of nitrogens with zero attached hydrogens (tertiary/aromatic N) is 3. The van der Waals surface area contributed by atoms with Gasteiger partial charge in [0.1, 0.15) is 12.1 Å². The molecule has 128 valence electrons. The zero-order valence-electron chi connectivity index (χ0n) is 13.8. The molecule has 2 N–H and O–H groups in total. The fourth-order valence-electron chi connectivity index (χ4n) is 2.35. The minimum absolute atomic E-state index is 0.129. The highest BCUT2D eigenvalue weighted by Gasteiger charge is 2.23. The molecule has 0 unspecified atom stereocenters. The third-order valence-electron chi connectivity index (χ3n) is 3.66. The van der Waals surface area contributed by atoms with Crippen LogP contribution in [0.25, 0.3) is 0 Å². The first-order valence-electron chi connectivity index (χ1n) is 7.64. The SMILES string of the molecule is Cc1ccc(C)c(Nc2ncnc(NCc3ccco3)c2[N+](=O)[O-])c1. The fraction of sp³-hybridized carbons (Fsp3) is 0.176. The van der Waals surface area contributed by atoms with Crippen molar-refractivity contribution in [2.75, 3.05) is 10.6 Å². The minimum atomic E-state index is -0.502. The lowest BCUT2D eigenvalue weighted by Crippen LogP contribution is -2.08. The first kappa shape index (κ1) is 16.4. The molecule has 0 aliphatic rings. The number of furan rings is 1. The summed E-state index contributed by atoms with van der Waals surface area (Å²) in [5, 5.41) is 17.5. The van der Waals surface area contributed by atoms with Crippen LogP contribution in [-0.4, -0.2) is 14.9 Å². The number of aryl methyl sites for hydroxylation is 2. The van der Waals surface area contributed by atoms with Crippen LogP contribution < -0.4 is 10.6 Å². The molecule has 0 radical (unpaired) electrons. The van der Waals surface area contributed by atoms with Crippen LogP contribution in [0, 0.1) is 24.0 Å². The van der Waals surface area contributed by atoms with E-state index in [1.165, 1.54) is 6.33 Å². The third kappa shape index (κ3) is 3.74. The molecule has 0 saturated carbocycles. The largest absolute Gasteiger partial charge is 0.467 e. The van der Waals surface area contributed by atoms with Crippen LogP contribution in [-0.2, 0) is 6.54 Å². The summed E-state index contributed by atoms with van der Waals surface area (Å²) in [5.41, 5.74) is 2.55. The Morgan fingerprint density at radius 1 is 1.20 bits per heavy atom. The number of aromatic nitrogens is 2. The molecule has 0 atom stereocenters. The van der Waals surface area contributed by atoms with Crippen LogP contribution in [0.3, 0.4) is 0 Å². The molecule has 3 aromatic rings. The van der Waals surface area contributed by atoms with E-state index in [0.29, 0.717) is 5.76 Å². The van der Waals surface area contributed by atoms with Gasteiger partial charge in [-0.2, -0.15) is 0 Å². The maximum Gasteiger partial charge on any atom is 0.353 e. The second kappa shape index (κ2) is 7.00. The highest BCUT2D eigenvalue weighted by molar-refractivity contribution is 5.74. The van der Waals surface area contributed by atoms with Crippen molar-refractivity contribution in [3.8, 4) is 0 Å². The monoisotopic (exact) mass is 339 g/mol. The molecular weight excluding hydrogens is 322 g/mol. The van der Waals surface area contributed by atoms with Crippen LogP contribution in [0.1, 0.15) is 16.9 Å². The molecule has 3 rings (SSSR count). The Hall–Kier alpha value is -3.42. The molecule has 0 fully saturated rings. The molecule has 8 heteroatoms. The van der Waals surface area contributed by atoms with Crippen molar-refractivity contribution in [3.63, 3.8) is 0 Å². The third-order valence-corrected chi connectivity index (χ3v) is 3.66. The molecule has 8 nitrogen and oxygen atoms in total. The molecule has 0 aliphatic carbocycles. The summed E-state index contributed by atoms with van der Waals surface area (Å²) in [6, 6.07) is 9.36. The van der Waals surface area contributed by atoms with E-state index in [0.717, 1.165) is 16.8 Å². The van der Waals surface area contributed by atoms with E-state index in [2.05, 4.69) is 20.6 Å². The summed E-state index contributed by atoms with van der Waals surface area (Å²) >= 11 is 0. The van der Waals surface area contributed by atoms with Gasteiger partial charge >= 0.3 is 5.69 Å². The van der Waals surface area contributed by atoms with Crippen LogP contribution in [0.5, 0.6) is 0 Å². The van der Waals surface area contributed by atoms with Gasteiger partial charge in [0, 0.05) is 5.69 Å². The van der Waals surface area contributed by atoms with E-state index >= 15 is 0 Å². The first-order valence-corrected chi connectivity index (χ1v) is 7.64. The molecule has 0 aliphatic heterocycles. The summed E-state index contributed by atoms with van der Waals surface area (Å²) in [4.78, 5) is 19.1. The molecular formula is C17H17N5O3. The van der Waals surface area contributed by atoms with E-state index < -0.39 is 4.92 Å². The van der Waals surface area contributed by atoms with Crippen molar-refractivity contribution in [3.05, 3.63) is 69.9 Å². The quantitative estimate of drug-likeness (QED) is 0.517. The summed E-state index contributed by atoms with van der Waals surface area (Å²) in [5.74, 6) is 0.914. The van der Waals surface area contributed by atoms with Gasteiger partial charge in [0.25, 0.3) is 0 Å². The second-order valence-corrected chi connectivity index (χ2v) is 5.55. The van der Waals surface area contributed by atoms with E-state index in [1.54, 1.807) is 18.4 Å².